The summed E-state index contributed by atoms with van der Waals surface area (Å²) < 4.78 is 6.79. The van der Waals surface area contributed by atoms with E-state index in [4.69, 9.17) is 17.2 Å². The number of nitrogen functional groups attached to an aromatic ring is 3. The first kappa shape index (κ1) is 63.0. The number of anilines is 3. The van der Waals surface area contributed by atoms with E-state index in [1.165, 1.54) is 0 Å². The molecule has 15 N–H and O–H groups in total. The zero-order chi connectivity index (χ0) is 67.0. The summed E-state index contributed by atoms with van der Waals surface area (Å²) in [4.78, 5) is 39.5. The van der Waals surface area contributed by atoms with E-state index in [1.807, 2.05) is 95.5 Å². The minimum atomic E-state index is -0.869. The van der Waals surface area contributed by atoms with Gasteiger partial charge in [-0.2, -0.15) is 0 Å². The first-order chi connectivity index (χ1) is 46.8. The van der Waals surface area contributed by atoms with Crippen LogP contribution in [0.4, 0.5) is 17.5 Å². The lowest BCUT2D eigenvalue weighted by atomic mass is 9.80. The molecule has 97 heavy (non-hydrogen) atoms. The van der Waals surface area contributed by atoms with E-state index in [0.717, 1.165) is 123 Å². The van der Waals surface area contributed by atoms with Crippen LogP contribution in [0.25, 0.3) is 65.8 Å². The summed E-state index contributed by atoms with van der Waals surface area (Å²) in [5.74, 6) is 1.46. The van der Waals surface area contributed by atoms with Gasteiger partial charge >= 0.3 is 0 Å². The predicted octanol–water partition coefficient (Wildman–Crippen LogP) is 7.54. The molecule has 6 fully saturated rings. The second-order valence-corrected chi connectivity index (χ2v) is 28.9. The van der Waals surface area contributed by atoms with Crippen molar-refractivity contribution in [2.45, 2.75) is 132 Å². The van der Waals surface area contributed by atoms with Gasteiger partial charge in [-0.05, 0) is 159 Å². The molecule has 0 unspecified atom stereocenters. The quantitative estimate of drug-likeness (QED) is 0.0765. The van der Waals surface area contributed by atoms with Gasteiger partial charge < -0.3 is 77.5 Å². The van der Waals surface area contributed by atoms with Gasteiger partial charge in [0.15, 0.2) is 0 Å². The molecule has 0 amide bonds. The van der Waals surface area contributed by atoms with E-state index >= 15 is 0 Å². The molecule has 0 bridgehead atoms. The van der Waals surface area contributed by atoms with Crippen LogP contribution in [0.3, 0.4) is 0 Å². The van der Waals surface area contributed by atoms with Crippen LogP contribution in [-0.2, 0) is 0 Å². The molecule has 18 rings (SSSR count). The number of hydrogen-bond donors (Lipinski definition) is 12. The van der Waals surface area contributed by atoms with Gasteiger partial charge in [-0.25, -0.2) is 44.9 Å². The summed E-state index contributed by atoms with van der Waals surface area (Å²) in [7, 11) is 0. The Morgan fingerprint density at radius 2 is 0.742 bits per heavy atom. The molecule has 3 saturated heterocycles. The molecule has 3 aromatic carbocycles. The minimum Gasteiger partial charge on any atom is -0.390 e. The molecule has 15 atom stereocenters. The third kappa shape index (κ3) is 10.7. The highest BCUT2D eigenvalue weighted by Gasteiger charge is 2.59. The molecule has 3 saturated carbocycles. The van der Waals surface area contributed by atoms with Crippen LogP contribution < -0.4 is 33.2 Å². The molecular formula is C72H77BrN18O6. The molecule has 6 aliphatic rings. The Hall–Kier alpha value is -8.73. The van der Waals surface area contributed by atoms with Gasteiger partial charge in [-0.1, -0.05) is 36.4 Å². The number of nitrogens with two attached hydrogens (primary N) is 3. The third-order valence-electron chi connectivity index (χ3n) is 22.5. The smallest absolute Gasteiger partial charge is 0.143 e. The van der Waals surface area contributed by atoms with E-state index in [0.29, 0.717) is 56.4 Å². The van der Waals surface area contributed by atoms with Crippen molar-refractivity contribution >= 4 is 99.2 Å². The lowest BCUT2D eigenvalue weighted by molar-refractivity contribution is -0.0218. The number of pyridine rings is 3. The lowest BCUT2D eigenvalue weighted by Crippen LogP contribution is -2.38. The first-order valence-electron chi connectivity index (χ1n) is 33.1. The van der Waals surface area contributed by atoms with E-state index in [9.17, 15) is 30.6 Å². The van der Waals surface area contributed by atoms with Gasteiger partial charge in [0.1, 0.15) is 71.7 Å². The van der Waals surface area contributed by atoms with Gasteiger partial charge in [0.2, 0.25) is 0 Å². The standard InChI is InChI=1S/C24H25BrN6O2.2C24H26N6O2/c1-12-15-4-5-31(23(15)29-11-28-12)19-9-24(21(33)20(19)32)8-18(27-10-24)14-3-2-13-6-16(25)22(26)30-17(13)7-14;2*1-13-16-6-7-30(23(16)28-12-27-13)19-10-24(22(32)21(19)31)9-18(26-11-24)15-3-2-14-4-5-20(25)29-17(14)8-15/h2-7,11,18-21,27,32-33H,8-10H2,1H3,(H2,26,30);2*2-8,12,18-19,21-22,26,31-32H,9-11H2,1H3,(H2,25,29)/t18-,19+,20-,21-,24-;18-,19+,21-,22-,24-;18-,19-,21+,22+,24+/m001/s1. The average Bonchev–Trinajstić information content (AvgIpc) is 1.59. The summed E-state index contributed by atoms with van der Waals surface area (Å²) in [5, 5.41) is 83.4. The molecule has 12 heterocycles. The van der Waals surface area contributed by atoms with Gasteiger partial charge in [0.05, 0.1) is 74.5 Å². The van der Waals surface area contributed by atoms with Crippen LogP contribution in [0.1, 0.15) is 109 Å². The monoisotopic (exact) mass is 1370 g/mol. The summed E-state index contributed by atoms with van der Waals surface area (Å²) in [6.07, 6.45) is 9.65. The number of aryl methyl sites for hydroxylation is 3. The molecule has 12 aromatic rings. The Kier molecular flexibility index (Phi) is 15.6. The fraction of sp³-hybridized carbons (Fsp3) is 0.375. The second kappa shape index (κ2) is 24.1. The topological polar surface area (TPSA) is 366 Å². The Bertz CT molecular complexity index is 4850. The van der Waals surface area contributed by atoms with E-state index < -0.39 is 52.9 Å². The fourth-order valence-corrected chi connectivity index (χ4v) is 17.5. The van der Waals surface area contributed by atoms with Crippen molar-refractivity contribution in [1.82, 2.24) is 74.5 Å². The van der Waals surface area contributed by atoms with Crippen molar-refractivity contribution in [2.24, 2.45) is 16.2 Å². The molecule has 3 aliphatic carbocycles. The highest BCUT2D eigenvalue weighted by atomic mass is 79.9. The number of fused-ring (bicyclic) bond motifs is 6. The fourth-order valence-electron chi connectivity index (χ4n) is 17.2. The maximum atomic E-state index is 11.2. The average molecular weight is 1370 g/mol. The van der Waals surface area contributed by atoms with E-state index in [2.05, 4.69) is 125 Å². The summed E-state index contributed by atoms with van der Waals surface area (Å²) in [5.41, 5.74) is 27.5. The molecular weight excluding hydrogens is 1290 g/mol. The first-order valence-corrected chi connectivity index (χ1v) is 33.9. The van der Waals surface area contributed by atoms with Crippen LogP contribution in [0.15, 0.2) is 145 Å². The molecule has 24 nitrogen and oxygen atoms in total. The summed E-state index contributed by atoms with van der Waals surface area (Å²) in [6.45, 7) is 7.77. The van der Waals surface area contributed by atoms with Crippen molar-refractivity contribution in [1.29, 1.82) is 0 Å². The number of benzene rings is 3. The zero-order valence-electron chi connectivity index (χ0n) is 53.7. The van der Waals surface area contributed by atoms with Crippen molar-refractivity contribution in [3.05, 3.63) is 179 Å². The SMILES string of the molecule is Cc1ncnc2c1ccn2[C@@H]1C[C@@]2(CN[C@@H](c3ccc4ccc(N)nc4c3)C2)[C@@H](O)[C@H]1O.Cc1ncnc2c1ccn2[C@@H]1C[C@@]2(CN[C@H](c3ccc4cc(Br)c(N)nc4c3)C2)[C@@H](O)[C@H]1O.Cc1ncnc2c1ccn2[C@@H]1C[C@@]2(CN[C@H](c3ccc4ccc(N)nc4c3)C2)[C@@H](O)[C@H]1O. The van der Waals surface area contributed by atoms with Gasteiger partial charge in [0.25, 0.3) is 0 Å². The molecule has 3 spiro atoms. The number of aliphatic hydroxyl groups is 6. The Labute approximate surface area is 565 Å². The molecule has 498 valence electrons. The number of nitrogens with one attached hydrogen (secondary N) is 3. The maximum absolute atomic E-state index is 11.2. The number of aromatic nitrogens is 12. The Morgan fingerprint density at radius 1 is 0.412 bits per heavy atom. The van der Waals surface area contributed by atoms with Gasteiger partial charge in [-0.15, -0.1) is 0 Å². The number of halogens is 1. The number of nitrogens with zero attached hydrogens (tertiary/aromatic N) is 12. The van der Waals surface area contributed by atoms with Crippen LogP contribution >= 0.6 is 15.9 Å². The second-order valence-electron chi connectivity index (χ2n) is 28.1. The summed E-state index contributed by atoms with van der Waals surface area (Å²) >= 11 is 3.43. The normalized spacial score (nSPS) is 29.9. The van der Waals surface area contributed by atoms with Gasteiger partial charge in [0, 0.05) is 105 Å². The number of aliphatic hydroxyl groups excluding tert-OH is 6. The van der Waals surface area contributed by atoms with Crippen molar-refractivity contribution in [3.63, 3.8) is 0 Å². The number of hydrogen-bond acceptors (Lipinski definition) is 21. The molecule has 25 heteroatoms. The third-order valence-corrected chi connectivity index (χ3v) is 23.2. The highest BCUT2D eigenvalue weighted by Crippen LogP contribution is 2.56. The predicted molar refractivity (Wildman–Crippen MR) is 373 cm³/mol. The Balaban J connectivity index is 0.000000114. The molecule has 9 aromatic heterocycles. The van der Waals surface area contributed by atoms with Gasteiger partial charge in [-0.3, -0.25) is 0 Å². The van der Waals surface area contributed by atoms with Crippen molar-refractivity contribution in [2.75, 3.05) is 36.8 Å². The van der Waals surface area contributed by atoms with Crippen LogP contribution in [0.2, 0.25) is 0 Å². The van der Waals surface area contributed by atoms with Crippen LogP contribution in [0.5, 0.6) is 0 Å². The zero-order valence-corrected chi connectivity index (χ0v) is 55.3. The van der Waals surface area contributed by atoms with Crippen LogP contribution in [0, 0.1) is 37.0 Å². The summed E-state index contributed by atoms with van der Waals surface area (Å²) in [6, 6.07) is 33.6. The largest absolute Gasteiger partial charge is 0.390 e. The van der Waals surface area contributed by atoms with Crippen molar-refractivity contribution < 1.29 is 30.6 Å². The lowest BCUT2D eigenvalue weighted by Gasteiger charge is -2.27. The highest BCUT2D eigenvalue weighted by molar-refractivity contribution is 9.10. The van der Waals surface area contributed by atoms with Crippen molar-refractivity contribution in [3.8, 4) is 0 Å². The molecule has 3 aliphatic heterocycles. The van der Waals surface area contributed by atoms with E-state index in [-0.39, 0.29) is 36.3 Å². The molecule has 0 radical (unpaired) electrons. The maximum Gasteiger partial charge on any atom is 0.143 e. The Morgan fingerprint density at radius 3 is 1.10 bits per heavy atom. The number of rotatable bonds is 6. The van der Waals surface area contributed by atoms with Crippen LogP contribution in [-0.4, -0.2) is 145 Å². The van der Waals surface area contributed by atoms with E-state index in [1.54, 1.807) is 31.1 Å². The minimum absolute atomic E-state index is 0.0626.